The lowest BCUT2D eigenvalue weighted by Gasteiger charge is -2.22. The summed E-state index contributed by atoms with van der Waals surface area (Å²) in [6, 6.07) is 0. The second-order valence-electron chi connectivity index (χ2n) is 5.15. The Labute approximate surface area is 145 Å². The molecule has 0 radical (unpaired) electrons. The van der Waals surface area contributed by atoms with E-state index in [1.807, 2.05) is 6.92 Å². The predicted molar refractivity (Wildman–Crippen MR) is 92.8 cm³/mol. The Morgan fingerprint density at radius 3 is 2.57 bits per heavy atom. The molecule has 5 nitrogen and oxygen atoms in total. The van der Waals surface area contributed by atoms with Gasteiger partial charge < -0.3 is 9.39 Å². The Bertz CT molecular complexity index is 496. The Hall–Kier alpha value is -1.11. The summed E-state index contributed by atoms with van der Waals surface area (Å²) in [5.74, 6) is -0.782. The minimum Gasteiger partial charge on any atom is -0.612 e. The summed E-state index contributed by atoms with van der Waals surface area (Å²) in [5.41, 5.74) is 2.41. The van der Waals surface area contributed by atoms with Gasteiger partial charge in [-0.1, -0.05) is 30.1 Å². The van der Waals surface area contributed by atoms with E-state index in [0.29, 0.717) is 23.5 Å². The molecule has 0 aromatic carbocycles. The lowest BCUT2D eigenvalue weighted by atomic mass is 9.80. The second-order valence-corrected chi connectivity index (χ2v) is 6.98. The molecule has 0 heterocycles. The first kappa shape index (κ1) is 19.9. The molecule has 0 bridgehead atoms. The van der Waals surface area contributed by atoms with Crippen LogP contribution in [0.4, 0.5) is 0 Å². The molecular weight excluding hydrogens is 338 g/mol. The van der Waals surface area contributed by atoms with Crippen LogP contribution >= 0.6 is 11.6 Å². The van der Waals surface area contributed by atoms with Crippen molar-refractivity contribution < 1.29 is 19.0 Å². The maximum absolute atomic E-state index is 12.4. The molecule has 0 amide bonds. The molecule has 0 saturated heterocycles. The van der Waals surface area contributed by atoms with Gasteiger partial charge in [0.05, 0.1) is 5.71 Å². The van der Waals surface area contributed by atoms with Gasteiger partial charge in [-0.15, -0.1) is 0 Å². The van der Waals surface area contributed by atoms with Crippen molar-refractivity contribution in [2.24, 2.45) is 11.1 Å². The minimum atomic E-state index is -1.13. The average Bonchev–Trinajstić information content (AvgIpc) is 2.50. The molecule has 1 fully saturated rings. The zero-order chi connectivity index (χ0) is 17.2. The highest BCUT2D eigenvalue weighted by atomic mass is 35.5. The number of rotatable bonds is 8. The third-order valence-electron chi connectivity index (χ3n) is 3.31. The van der Waals surface area contributed by atoms with Crippen molar-refractivity contribution in [3.63, 3.8) is 0 Å². The zero-order valence-electron chi connectivity index (χ0n) is 13.4. The van der Waals surface area contributed by atoms with Crippen LogP contribution in [0.25, 0.3) is 0 Å². The van der Waals surface area contributed by atoms with E-state index in [1.165, 1.54) is 10.9 Å². The minimum absolute atomic E-state index is 0.145. The van der Waals surface area contributed by atoms with Gasteiger partial charge in [-0.25, -0.2) is 0 Å². The average molecular weight is 360 g/mol. The lowest BCUT2D eigenvalue weighted by Crippen LogP contribution is -2.36. The van der Waals surface area contributed by atoms with Crippen molar-refractivity contribution in [2.75, 3.05) is 12.4 Å². The number of Topliss-reactive ketones (excluding diaryl/α,β-unsaturated/α-hetero) is 2. The van der Waals surface area contributed by atoms with Crippen LogP contribution in [0.2, 0.25) is 0 Å². The van der Waals surface area contributed by atoms with Crippen LogP contribution in [0.3, 0.4) is 0 Å². The van der Waals surface area contributed by atoms with Gasteiger partial charge in [-0.2, -0.15) is 0 Å². The summed E-state index contributed by atoms with van der Waals surface area (Å²) in [4.78, 5) is 29.8. The number of oxime groups is 1. The van der Waals surface area contributed by atoms with Crippen molar-refractivity contribution >= 4 is 40.1 Å². The summed E-state index contributed by atoms with van der Waals surface area (Å²) in [5, 5.41) is 5.50. The van der Waals surface area contributed by atoms with Gasteiger partial charge >= 0.3 is 0 Å². The molecule has 1 aliphatic rings. The van der Waals surface area contributed by atoms with Crippen molar-refractivity contribution in [3.05, 3.63) is 22.6 Å². The van der Waals surface area contributed by atoms with Gasteiger partial charge in [-0.05, 0) is 36.2 Å². The second kappa shape index (κ2) is 10.6. The van der Waals surface area contributed by atoms with E-state index >= 15 is 0 Å². The molecule has 128 valence electrons. The fourth-order valence-corrected chi connectivity index (χ4v) is 3.09. The topological polar surface area (TPSA) is 78.8 Å². The fraction of sp³-hybridized carbons (Fsp3) is 0.562. The summed E-state index contributed by atoms with van der Waals surface area (Å²) in [6.45, 7) is 3.93. The quantitative estimate of drug-likeness (QED) is 0.219. The summed E-state index contributed by atoms with van der Waals surface area (Å²) < 4.78 is 11.6. The van der Waals surface area contributed by atoms with Gasteiger partial charge in [0.25, 0.3) is 0 Å². The monoisotopic (exact) mass is 359 g/mol. The van der Waals surface area contributed by atoms with Gasteiger partial charge in [0.1, 0.15) is 23.7 Å². The molecule has 1 saturated carbocycles. The Morgan fingerprint density at radius 2 is 2.04 bits per heavy atom. The number of halogens is 1. The fourth-order valence-electron chi connectivity index (χ4n) is 2.32. The highest BCUT2D eigenvalue weighted by Gasteiger charge is 2.37. The molecule has 0 spiro atoms. The highest BCUT2D eigenvalue weighted by Crippen LogP contribution is 2.26. The molecule has 0 aromatic rings. The molecule has 0 N–H and O–H groups in total. The first-order valence-electron chi connectivity index (χ1n) is 7.59. The molecule has 23 heavy (non-hydrogen) atoms. The van der Waals surface area contributed by atoms with Crippen molar-refractivity contribution in [1.82, 2.24) is 0 Å². The summed E-state index contributed by atoms with van der Waals surface area (Å²) >= 11 is 4.27. The Balaban J connectivity index is 2.86. The van der Waals surface area contributed by atoms with Gasteiger partial charge in [-0.3, -0.25) is 9.59 Å². The van der Waals surface area contributed by atoms with Crippen LogP contribution in [0.1, 0.15) is 39.5 Å². The molecule has 0 aliphatic heterocycles. The number of carbonyl (C=O) groups excluding carboxylic acids is 2. The van der Waals surface area contributed by atoms with Crippen molar-refractivity contribution in [2.45, 2.75) is 39.5 Å². The normalized spacial score (nSPS) is 21.0. The van der Waals surface area contributed by atoms with Crippen LogP contribution in [0.5, 0.6) is 0 Å². The summed E-state index contributed by atoms with van der Waals surface area (Å²) in [7, 11) is 0. The van der Waals surface area contributed by atoms with Crippen LogP contribution in [0.15, 0.2) is 27.7 Å². The molecule has 1 unspecified atom stereocenters. The number of hydrogen-bond donors (Lipinski definition) is 0. The maximum Gasteiger partial charge on any atom is 0.153 e. The first-order chi connectivity index (χ1) is 11.0. The van der Waals surface area contributed by atoms with Crippen LogP contribution < -0.4 is 0 Å². The number of carbonyl (C=O) groups is 2. The smallest absolute Gasteiger partial charge is 0.153 e. The molecule has 1 atom stereocenters. The molecule has 1 rings (SSSR count). The highest BCUT2D eigenvalue weighted by molar-refractivity contribution is 7.94. The van der Waals surface area contributed by atoms with E-state index < -0.39 is 17.1 Å². The van der Waals surface area contributed by atoms with E-state index in [-0.39, 0.29) is 31.0 Å². The molecule has 0 aromatic heterocycles. The number of nitrogens with zero attached hydrogens (tertiary/aromatic N) is 1. The molecule has 1 aliphatic carbocycles. The number of hydrogen-bond acceptors (Lipinski definition) is 5. The largest absolute Gasteiger partial charge is 0.612 e. The third kappa shape index (κ3) is 6.49. The van der Waals surface area contributed by atoms with Crippen LogP contribution in [-0.2, 0) is 25.6 Å². The van der Waals surface area contributed by atoms with E-state index in [9.17, 15) is 14.1 Å². The van der Waals surface area contributed by atoms with E-state index in [4.69, 9.17) is 16.4 Å². The third-order valence-corrected chi connectivity index (χ3v) is 4.65. The predicted octanol–water partition coefficient (Wildman–Crippen LogP) is 3.11. The molecule has 7 heteroatoms. The number of allylic oxidation sites excluding steroid dienone is 1. The van der Waals surface area contributed by atoms with Crippen LogP contribution in [0, 0.1) is 5.92 Å². The van der Waals surface area contributed by atoms with E-state index in [2.05, 4.69) is 5.16 Å². The molecular formula is C16H22ClNO4S. The van der Waals surface area contributed by atoms with Crippen molar-refractivity contribution in [3.8, 4) is 0 Å². The Kier molecular flexibility index (Phi) is 9.21. The van der Waals surface area contributed by atoms with E-state index in [0.717, 1.165) is 6.42 Å². The van der Waals surface area contributed by atoms with Gasteiger partial charge in [0.15, 0.2) is 11.6 Å². The maximum atomic E-state index is 12.4. The lowest BCUT2D eigenvalue weighted by molar-refractivity contribution is -0.131. The Morgan fingerprint density at radius 1 is 1.39 bits per heavy atom. The summed E-state index contributed by atoms with van der Waals surface area (Å²) in [6.07, 6.45) is 3.14. The van der Waals surface area contributed by atoms with Crippen molar-refractivity contribution in [1.29, 1.82) is 0 Å². The van der Waals surface area contributed by atoms with Gasteiger partial charge in [0.2, 0.25) is 0 Å². The standard InChI is InChI=1S/C16H22ClNO4S/c1-3-6-13(18-22-8-5-7-17)16-14(19)9-12(10-15(16)20)11-23(21)4-2/h5,7,11,16H,3-4,6,8-10H2,1-2H3. The first-order valence-corrected chi connectivity index (χ1v) is 9.41. The zero-order valence-corrected chi connectivity index (χ0v) is 15.0. The number of ketones is 2. The SMILES string of the molecule is CCCC(=NOCC=CCl)C1C(=O)CC(=C[S+]([O-])CC)CC1=O. The van der Waals surface area contributed by atoms with Crippen LogP contribution in [-0.4, -0.2) is 34.2 Å². The van der Waals surface area contributed by atoms with Gasteiger partial charge in [0, 0.05) is 18.4 Å². The van der Waals surface area contributed by atoms with E-state index in [1.54, 1.807) is 13.0 Å².